The predicted octanol–water partition coefficient (Wildman–Crippen LogP) is 0.299. The highest BCUT2D eigenvalue weighted by Crippen LogP contribution is 2.22. The van der Waals surface area contributed by atoms with Crippen molar-refractivity contribution in [2.75, 3.05) is 6.54 Å². The maximum atomic E-state index is 8.16. The summed E-state index contributed by atoms with van der Waals surface area (Å²) in [5.41, 5.74) is 9.27. The quantitative estimate of drug-likeness (QED) is 0.157. The van der Waals surface area contributed by atoms with Gasteiger partial charge in [-0.1, -0.05) is 10.7 Å². The van der Waals surface area contributed by atoms with Crippen LogP contribution in [-0.4, -0.2) is 36.1 Å². The Morgan fingerprint density at radius 2 is 2.13 bits per heavy atom. The van der Waals surface area contributed by atoms with E-state index in [0.717, 1.165) is 24.1 Å². The van der Waals surface area contributed by atoms with Gasteiger partial charge in [0, 0.05) is 17.5 Å². The van der Waals surface area contributed by atoms with Gasteiger partial charge in [0.25, 0.3) is 0 Å². The van der Waals surface area contributed by atoms with Crippen molar-refractivity contribution in [3.05, 3.63) is 22.6 Å². The average Bonchev–Trinajstić information content (AvgIpc) is 2.22. The molecule has 0 bridgehead atoms. The third-order valence-corrected chi connectivity index (χ3v) is 10.4. The van der Waals surface area contributed by atoms with Gasteiger partial charge in [0.2, 0.25) is 0 Å². The van der Waals surface area contributed by atoms with Crippen LogP contribution in [0.15, 0.2) is 17.3 Å². The molecule has 0 N–H and O–H groups in total. The average molecular weight is 262 g/mol. The van der Waals surface area contributed by atoms with Gasteiger partial charge in [-0.25, -0.2) is 0 Å². The molecule has 0 unspecified atom stereocenters. The molecule has 0 aliphatic heterocycles. The first-order valence-corrected chi connectivity index (χ1v) is 8.72. The van der Waals surface area contributed by atoms with Crippen molar-refractivity contribution in [2.24, 2.45) is 5.11 Å². The summed E-state index contributed by atoms with van der Waals surface area (Å²) < 4.78 is 11.3. The summed E-state index contributed by atoms with van der Waals surface area (Å²) in [5, 5.41) is 3.51. The second-order valence-corrected chi connectivity index (χ2v) is 9.45. The van der Waals surface area contributed by atoms with Gasteiger partial charge in [0.1, 0.15) is 21.0 Å². The van der Waals surface area contributed by atoms with Crippen LogP contribution in [0.25, 0.3) is 10.4 Å². The summed E-state index contributed by atoms with van der Waals surface area (Å²) in [4.78, 5) is 2.73. The van der Waals surface area contributed by atoms with Crippen LogP contribution in [0.4, 0.5) is 0 Å². The molecule has 0 spiro atoms. The molecule has 0 rings (SSSR count). The highest BCUT2D eigenvalue weighted by atomic mass is 28.4. The summed E-state index contributed by atoms with van der Waals surface area (Å²) in [6, 6.07) is 1.75. The van der Waals surface area contributed by atoms with Crippen molar-refractivity contribution in [1.29, 1.82) is 0 Å². The molecule has 0 amide bonds. The Balaban J connectivity index is 4.22. The first kappa shape index (κ1) is 14.6. The molecule has 0 aromatic carbocycles. The van der Waals surface area contributed by atoms with Gasteiger partial charge < -0.3 is 8.23 Å². The van der Waals surface area contributed by atoms with Crippen LogP contribution < -0.4 is 0 Å². The largest absolute Gasteiger partial charge is 0.445 e. The second-order valence-electron chi connectivity index (χ2n) is 3.51. The molecule has 0 radical (unpaired) electrons. The molecule has 0 aliphatic carbocycles. The predicted molar refractivity (Wildman–Crippen MR) is 70.9 cm³/mol. The van der Waals surface area contributed by atoms with Gasteiger partial charge in [-0.2, -0.15) is 0 Å². The van der Waals surface area contributed by atoms with E-state index in [0.29, 0.717) is 27.5 Å². The van der Waals surface area contributed by atoms with Crippen molar-refractivity contribution >= 4 is 29.5 Å². The van der Waals surface area contributed by atoms with Gasteiger partial charge in [-0.05, 0) is 24.9 Å². The maximum absolute atomic E-state index is 8.16. The van der Waals surface area contributed by atoms with E-state index >= 15 is 0 Å². The minimum Gasteiger partial charge on any atom is -0.445 e. The fourth-order valence-electron chi connectivity index (χ4n) is 1.44. The van der Waals surface area contributed by atoms with Crippen LogP contribution in [-0.2, 0) is 8.23 Å². The van der Waals surface area contributed by atoms with E-state index in [1.807, 2.05) is 6.92 Å². The van der Waals surface area contributed by atoms with Gasteiger partial charge in [-0.15, -0.1) is 6.58 Å². The summed E-state index contributed by atoms with van der Waals surface area (Å²) in [7, 11) is -0.626. The summed E-state index contributed by atoms with van der Waals surface area (Å²) in [6.45, 7) is 6.43. The lowest BCUT2D eigenvalue weighted by molar-refractivity contribution is 0.420. The summed E-state index contributed by atoms with van der Waals surface area (Å²) in [5.74, 6) is 0. The maximum Gasteiger partial charge on any atom is 0.320 e. The number of hydrogen-bond acceptors (Lipinski definition) is 3. The Hall–Kier alpha value is -0.379. The Bertz CT molecular complexity index is 252. The van der Waals surface area contributed by atoms with E-state index in [1.165, 1.54) is 0 Å². The molecule has 0 saturated carbocycles. The van der Waals surface area contributed by atoms with Crippen LogP contribution in [0.5, 0.6) is 0 Å². The van der Waals surface area contributed by atoms with Crippen LogP contribution in [0.2, 0.25) is 12.1 Å². The molecular weight excluding hydrogens is 242 g/mol. The van der Waals surface area contributed by atoms with Crippen molar-refractivity contribution < 1.29 is 8.23 Å². The number of allylic oxidation sites excluding steroid dienone is 1. The van der Waals surface area contributed by atoms with Crippen LogP contribution in [0, 0.1) is 0 Å². The smallest absolute Gasteiger partial charge is 0.320 e. The number of nitrogens with zero attached hydrogens (tertiary/aromatic N) is 3. The first-order chi connectivity index (χ1) is 7.10. The zero-order valence-electron chi connectivity index (χ0n) is 9.69. The zero-order valence-corrected chi connectivity index (χ0v) is 14.7. The lowest BCUT2D eigenvalue weighted by Crippen LogP contribution is -2.41. The second kappa shape index (κ2) is 7.85. The van der Waals surface area contributed by atoms with Gasteiger partial charge in [0.15, 0.2) is 0 Å². The van der Waals surface area contributed by atoms with Crippen molar-refractivity contribution in [3.8, 4) is 0 Å². The van der Waals surface area contributed by atoms with Gasteiger partial charge in [0.05, 0.1) is 0 Å². The third-order valence-electron chi connectivity index (χ3n) is 2.19. The minimum absolute atomic E-state index is 0.525. The van der Waals surface area contributed by atoms with Crippen LogP contribution >= 0.6 is 0 Å². The molecular formula is C7H19N3O2Si3. The minimum atomic E-state index is -2.02. The molecule has 0 aliphatic rings. The Morgan fingerprint density at radius 3 is 2.53 bits per heavy atom. The fraction of sp³-hybridized carbons (Fsp3) is 0.714. The number of rotatable bonds is 8. The lowest BCUT2D eigenvalue weighted by Gasteiger charge is -2.28. The Morgan fingerprint density at radius 1 is 1.53 bits per heavy atom. The van der Waals surface area contributed by atoms with E-state index in [2.05, 4.69) is 16.6 Å². The van der Waals surface area contributed by atoms with Crippen molar-refractivity contribution in [2.45, 2.75) is 25.4 Å². The van der Waals surface area contributed by atoms with E-state index < -0.39 is 8.56 Å². The Labute approximate surface area is 97.8 Å². The van der Waals surface area contributed by atoms with Crippen LogP contribution in [0.1, 0.15) is 13.3 Å². The SMILES string of the molecule is C=C(C)C[Si](CCCN=[N+]=[N-])(O[SiH3])O[SiH3]. The highest BCUT2D eigenvalue weighted by molar-refractivity contribution is 6.73. The molecule has 0 aromatic heterocycles. The molecule has 86 valence electrons. The summed E-state index contributed by atoms with van der Waals surface area (Å²) >= 11 is 0. The number of azide groups is 1. The zero-order chi connectivity index (χ0) is 11.7. The van der Waals surface area contributed by atoms with E-state index in [9.17, 15) is 0 Å². The van der Waals surface area contributed by atoms with E-state index in [-0.39, 0.29) is 0 Å². The van der Waals surface area contributed by atoms with E-state index in [4.69, 9.17) is 13.8 Å². The molecule has 0 saturated heterocycles. The lowest BCUT2D eigenvalue weighted by atomic mass is 10.4. The topological polar surface area (TPSA) is 67.2 Å². The molecule has 15 heavy (non-hydrogen) atoms. The van der Waals surface area contributed by atoms with Gasteiger partial charge in [-0.3, -0.25) is 0 Å². The monoisotopic (exact) mass is 261 g/mol. The Kier molecular flexibility index (Phi) is 7.65. The highest BCUT2D eigenvalue weighted by Gasteiger charge is 2.33. The fourth-order valence-corrected chi connectivity index (χ4v) is 8.19. The third kappa shape index (κ3) is 5.92. The molecule has 0 aromatic rings. The van der Waals surface area contributed by atoms with Crippen molar-refractivity contribution in [1.82, 2.24) is 0 Å². The standard InChI is InChI=1S/C7H19N3O2Si3/c1-7(2)6-15(11-13,12-14)5-3-4-9-10-8/h1,3-6H2,2,13-14H3. The van der Waals surface area contributed by atoms with Gasteiger partial charge >= 0.3 is 8.56 Å². The molecule has 8 heteroatoms. The van der Waals surface area contributed by atoms with E-state index in [1.54, 1.807) is 0 Å². The molecule has 5 nitrogen and oxygen atoms in total. The molecule has 0 atom stereocenters. The number of hydrogen-bond donors (Lipinski definition) is 0. The summed E-state index contributed by atoms with van der Waals surface area (Å²) in [6.07, 6.45) is 0.841. The normalized spacial score (nSPS) is 14.5. The first-order valence-electron chi connectivity index (χ1n) is 4.86. The van der Waals surface area contributed by atoms with Crippen LogP contribution in [0.3, 0.4) is 0 Å². The molecule has 0 fully saturated rings. The van der Waals surface area contributed by atoms with Crippen molar-refractivity contribution in [3.63, 3.8) is 0 Å². The molecule has 0 heterocycles.